The molecule has 0 radical (unpaired) electrons. The van der Waals surface area contributed by atoms with Crippen LogP contribution in [-0.4, -0.2) is 20.2 Å². The van der Waals surface area contributed by atoms with E-state index in [0.717, 1.165) is 11.4 Å². The van der Waals surface area contributed by atoms with E-state index in [9.17, 15) is 0 Å². The molecule has 0 saturated carbocycles. The highest BCUT2D eigenvalue weighted by atomic mass is 35.5. The van der Waals surface area contributed by atoms with Gasteiger partial charge in [-0.05, 0) is 12.1 Å². The maximum absolute atomic E-state index is 5.93. The average molecular weight is 201 g/mol. The van der Waals surface area contributed by atoms with Crippen LogP contribution in [0.3, 0.4) is 0 Å². The van der Waals surface area contributed by atoms with Crippen LogP contribution in [0.15, 0.2) is 18.2 Å². The Kier molecular flexibility index (Phi) is 3.86. The van der Waals surface area contributed by atoms with Gasteiger partial charge in [-0.2, -0.15) is 0 Å². The van der Waals surface area contributed by atoms with Crippen molar-refractivity contribution in [2.24, 2.45) is 5.73 Å². The van der Waals surface area contributed by atoms with Crippen molar-refractivity contribution in [2.75, 3.05) is 25.5 Å². The Bertz CT molecular complexity index is 278. The number of halogens is 1. The molecule has 0 aromatic heterocycles. The minimum absolute atomic E-state index is 0.577. The standard InChI is InChI=1S/C9H13ClN2O/c1-13-7-2-3-8(10)9(6-7)12-5-4-11/h2-3,6,12H,4-5,11H2,1H3. The third-order valence-electron chi connectivity index (χ3n) is 1.63. The molecule has 72 valence electrons. The van der Waals surface area contributed by atoms with Gasteiger partial charge in [-0.3, -0.25) is 0 Å². The van der Waals surface area contributed by atoms with E-state index in [1.54, 1.807) is 13.2 Å². The van der Waals surface area contributed by atoms with Crippen LogP contribution in [0.1, 0.15) is 0 Å². The number of ether oxygens (including phenoxy) is 1. The summed E-state index contributed by atoms with van der Waals surface area (Å²) >= 11 is 5.93. The second-order valence-corrected chi connectivity index (χ2v) is 2.97. The van der Waals surface area contributed by atoms with Crippen molar-refractivity contribution in [1.29, 1.82) is 0 Å². The molecule has 0 aliphatic rings. The van der Waals surface area contributed by atoms with E-state index in [2.05, 4.69) is 5.32 Å². The molecule has 0 saturated heterocycles. The van der Waals surface area contributed by atoms with Crippen LogP contribution in [-0.2, 0) is 0 Å². The number of hydrogen-bond acceptors (Lipinski definition) is 3. The molecule has 0 atom stereocenters. The summed E-state index contributed by atoms with van der Waals surface area (Å²) in [6.07, 6.45) is 0. The van der Waals surface area contributed by atoms with Gasteiger partial charge in [-0.15, -0.1) is 0 Å². The maximum Gasteiger partial charge on any atom is 0.121 e. The van der Waals surface area contributed by atoms with Crippen LogP contribution in [0.4, 0.5) is 5.69 Å². The van der Waals surface area contributed by atoms with Crippen molar-refractivity contribution in [1.82, 2.24) is 0 Å². The second kappa shape index (κ2) is 4.94. The van der Waals surface area contributed by atoms with Crippen LogP contribution in [0.2, 0.25) is 5.02 Å². The van der Waals surface area contributed by atoms with E-state index in [-0.39, 0.29) is 0 Å². The van der Waals surface area contributed by atoms with Gasteiger partial charge >= 0.3 is 0 Å². The lowest BCUT2D eigenvalue weighted by Gasteiger charge is -2.08. The monoisotopic (exact) mass is 200 g/mol. The van der Waals surface area contributed by atoms with Gasteiger partial charge in [0.2, 0.25) is 0 Å². The summed E-state index contributed by atoms with van der Waals surface area (Å²) < 4.78 is 5.06. The van der Waals surface area contributed by atoms with Crippen LogP contribution in [0, 0.1) is 0 Å². The van der Waals surface area contributed by atoms with Crippen LogP contribution >= 0.6 is 11.6 Å². The summed E-state index contributed by atoms with van der Waals surface area (Å²) in [4.78, 5) is 0. The maximum atomic E-state index is 5.93. The zero-order valence-electron chi connectivity index (χ0n) is 7.51. The minimum atomic E-state index is 0.577. The molecule has 1 rings (SSSR count). The summed E-state index contributed by atoms with van der Waals surface area (Å²) in [5.74, 6) is 0.781. The molecule has 3 N–H and O–H groups in total. The highest BCUT2D eigenvalue weighted by Crippen LogP contribution is 2.26. The van der Waals surface area contributed by atoms with Crippen molar-refractivity contribution in [3.8, 4) is 5.75 Å². The number of hydrogen-bond donors (Lipinski definition) is 2. The van der Waals surface area contributed by atoms with Crippen LogP contribution < -0.4 is 15.8 Å². The number of benzene rings is 1. The minimum Gasteiger partial charge on any atom is -0.497 e. The molecule has 13 heavy (non-hydrogen) atoms. The summed E-state index contributed by atoms with van der Waals surface area (Å²) in [5.41, 5.74) is 6.21. The van der Waals surface area contributed by atoms with Crippen LogP contribution in [0.25, 0.3) is 0 Å². The molecule has 4 heteroatoms. The SMILES string of the molecule is COc1ccc(Cl)c(NCCN)c1. The third-order valence-corrected chi connectivity index (χ3v) is 1.96. The Labute approximate surface area is 82.8 Å². The molecule has 0 unspecified atom stereocenters. The Balaban J connectivity index is 2.78. The fourth-order valence-corrected chi connectivity index (χ4v) is 1.16. The fourth-order valence-electron chi connectivity index (χ4n) is 0.974. The lowest BCUT2D eigenvalue weighted by atomic mass is 10.3. The van der Waals surface area contributed by atoms with Gasteiger partial charge in [0.25, 0.3) is 0 Å². The molecular weight excluding hydrogens is 188 g/mol. The lowest BCUT2D eigenvalue weighted by Crippen LogP contribution is -2.13. The Morgan fingerprint density at radius 3 is 2.92 bits per heavy atom. The zero-order valence-corrected chi connectivity index (χ0v) is 8.27. The lowest BCUT2D eigenvalue weighted by molar-refractivity contribution is 0.415. The molecule has 0 spiro atoms. The highest BCUT2D eigenvalue weighted by molar-refractivity contribution is 6.33. The molecule has 0 fully saturated rings. The van der Waals surface area contributed by atoms with Gasteiger partial charge in [-0.25, -0.2) is 0 Å². The molecular formula is C9H13ClN2O. The first kappa shape index (κ1) is 10.2. The Hall–Kier alpha value is -0.930. The van der Waals surface area contributed by atoms with Gasteiger partial charge in [0.15, 0.2) is 0 Å². The topological polar surface area (TPSA) is 47.3 Å². The van der Waals surface area contributed by atoms with Gasteiger partial charge < -0.3 is 15.8 Å². The predicted molar refractivity (Wildman–Crippen MR) is 55.5 cm³/mol. The van der Waals surface area contributed by atoms with Gasteiger partial charge in [0.05, 0.1) is 17.8 Å². The number of nitrogens with two attached hydrogens (primary N) is 1. The molecule has 0 aliphatic heterocycles. The third kappa shape index (κ3) is 2.79. The smallest absolute Gasteiger partial charge is 0.121 e. The van der Waals surface area contributed by atoms with E-state index in [4.69, 9.17) is 22.1 Å². The van der Waals surface area contributed by atoms with Crippen molar-refractivity contribution in [2.45, 2.75) is 0 Å². The highest BCUT2D eigenvalue weighted by Gasteiger charge is 2.00. The zero-order chi connectivity index (χ0) is 9.68. The quantitative estimate of drug-likeness (QED) is 0.778. The van der Waals surface area contributed by atoms with E-state index >= 15 is 0 Å². The average Bonchev–Trinajstić information content (AvgIpc) is 2.17. The predicted octanol–water partition coefficient (Wildman–Crippen LogP) is 1.72. The van der Waals surface area contributed by atoms with Crippen LogP contribution in [0.5, 0.6) is 5.75 Å². The number of anilines is 1. The molecule has 0 bridgehead atoms. The van der Waals surface area contributed by atoms with Crippen molar-refractivity contribution in [3.63, 3.8) is 0 Å². The van der Waals surface area contributed by atoms with Gasteiger partial charge in [0, 0.05) is 19.2 Å². The molecule has 1 aromatic carbocycles. The normalized spacial score (nSPS) is 9.77. The Morgan fingerprint density at radius 2 is 2.31 bits per heavy atom. The number of rotatable bonds is 4. The first-order valence-corrected chi connectivity index (χ1v) is 4.43. The fraction of sp³-hybridized carbons (Fsp3) is 0.333. The van der Waals surface area contributed by atoms with Gasteiger partial charge in [0.1, 0.15) is 5.75 Å². The summed E-state index contributed by atoms with van der Waals surface area (Å²) in [7, 11) is 1.62. The van der Waals surface area contributed by atoms with E-state index in [0.29, 0.717) is 18.1 Å². The molecule has 0 aliphatic carbocycles. The van der Waals surface area contributed by atoms with E-state index in [1.165, 1.54) is 0 Å². The first-order valence-electron chi connectivity index (χ1n) is 4.05. The van der Waals surface area contributed by atoms with Crippen molar-refractivity contribution in [3.05, 3.63) is 23.2 Å². The Morgan fingerprint density at radius 1 is 1.54 bits per heavy atom. The molecule has 0 heterocycles. The molecule has 3 nitrogen and oxygen atoms in total. The number of nitrogens with one attached hydrogen (secondary N) is 1. The van der Waals surface area contributed by atoms with E-state index in [1.807, 2.05) is 12.1 Å². The van der Waals surface area contributed by atoms with E-state index < -0.39 is 0 Å². The largest absolute Gasteiger partial charge is 0.497 e. The first-order chi connectivity index (χ1) is 6.27. The summed E-state index contributed by atoms with van der Waals surface area (Å²) in [6, 6.07) is 5.45. The van der Waals surface area contributed by atoms with Gasteiger partial charge in [-0.1, -0.05) is 11.6 Å². The molecule has 0 amide bonds. The number of methoxy groups -OCH3 is 1. The van der Waals surface area contributed by atoms with Crippen molar-refractivity contribution < 1.29 is 4.74 Å². The van der Waals surface area contributed by atoms with Crippen molar-refractivity contribution >= 4 is 17.3 Å². The summed E-state index contributed by atoms with van der Waals surface area (Å²) in [5, 5.41) is 3.78. The molecule has 1 aromatic rings. The summed E-state index contributed by atoms with van der Waals surface area (Å²) in [6.45, 7) is 1.28. The second-order valence-electron chi connectivity index (χ2n) is 2.56.